The summed E-state index contributed by atoms with van der Waals surface area (Å²) < 4.78 is 0. The molecule has 1 aromatic carbocycles. The van der Waals surface area contributed by atoms with Crippen LogP contribution in [0.15, 0.2) is 30.3 Å². The number of hydrogen-bond acceptors (Lipinski definition) is 3. The molecular formula is C15H21ClN2O2. The van der Waals surface area contributed by atoms with Gasteiger partial charge in [0.25, 0.3) is 0 Å². The van der Waals surface area contributed by atoms with Gasteiger partial charge in [-0.2, -0.15) is 0 Å². The smallest absolute Gasteiger partial charge is 0.220 e. The molecule has 0 saturated carbocycles. The van der Waals surface area contributed by atoms with E-state index in [-0.39, 0.29) is 43.0 Å². The molecule has 2 rings (SSSR count). The lowest BCUT2D eigenvalue weighted by atomic mass is 10.0. The summed E-state index contributed by atoms with van der Waals surface area (Å²) in [6.45, 7) is 1.90. The van der Waals surface area contributed by atoms with Crippen molar-refractivity contribution in [2.45, 2.75) is 31.7 Å². The van der Waals surface area contributed by atoms with Crippen molar-refractivity contribution in [2.24, 2.45) is 0 Å². The van der Waals surface area contributed by atoms with E-state index in [1.54, 1.807) is 12.1 Å². The average molecular weight is 297 g/mol. The fourth-order valence-corrected chi connectivity index (χ4v) is 2.26. The molecule has 1 amide bonds. The van der Waals surface area contributed by atoms with Crippen molar-refractivity contribution in [3.63, 3.8) is 0 Å². The van der Waals surface area contributed by atoms with Gasteiger partial charge < -0.3 is 10.6 Å². The average Bonchev–Trinajstić information content (AvgIpc) is 2.47. The Morgan fingerprint density at radius 3 is 2.40 bits per heavy atom. The number of hydrogen-bond donors (Lipinski definition) is 2. The Balaban J connectivity index is 0.00000200. The van der Waals surface area contributed by atoms with Crippen LogP contribution in [-0.2, 0) is 4.79 Å². The molecule has 0 aliphatic carbocycles. The molecule has 1 fully saturated rings. The fraction of sp³-hybridized carbons (Fsp3) is 0.467. The number of halogens is 1. The number of benzene rings is 1. The van der Waals surface area contributed by atoms with Gasteiger partial charge in [0.15, 0.2) is 5.78 Å². The second-order valence-electron chi connectivity index (χ2n) is 4.88. The van der Waals surface area contributed by atoms with E-state index in [1.807, 2.05) is 18.2 Å². The minimum atomic E-state index is -0.0174. The lowest BCUT2D eigenvalue weighted by Crippen LogP contribution is -2.42. The number of Topliss-reactive ketones (excluding diaryl/α,β-unsaturated/α-hetero) is 1. The van der Waals surface area contributed by atoms with Crippen LogP contribution in [0.3, 0.4) is 0 Å². The van der Waals surface area contributed by atoms with E-state index in [0.29, 0.717) is 5.56 Å². The third-order valence-corrected chi connectivity index (χ3v) is 3.38. The summed E-state index contributed by atoms with van der Waals surface area (Å²) in [4.78, 5) is 23.6. The van der Waals surface area contributed by atoms with Crippen molar-refractivity contribution in [3.05, 3.63) is 35.9 Å². The maximum absolute atomic E-state index is 11.9. The Bertz CT molecular complexity index is 431. The molecule has 0 radical (unpaired) electrons. The Morgan fingerprint density at radius 1 is 1.10 bits per heavy atom. The summed E-state index contributed by atoms with van der Waals surface area (Å²) in [5.41, 5.74) is 0.678. The van der Waals surface area contributed by atoms with Crippen LogP contribution in [0.5, 0.6) is 0 Å². The minimum Gasteiger partial charge on any atom is -0.353 e. The third kappa shape index (κ3) is 5.31. The third-order valence-electron chi connectivity index (χ3n) is 3.38. The van der Waals surface area contributed by atoms with Gasteiger partial charge in [-0.25, -0.2) is 0 Å². The van der Waals surface area contributed by atoms with Gasteiger partial charge >= 0.3 is 0 Å². The van der Waals surface area contributed by atoms with Gasteiger partial charge in [0.2, 0.25) is 5.91 Å². The summed E-state index contributed by atoms with van der Waals surface area (Å²) >= 11 is 0. The van der Waals surface area contributed by atoms with E-state index in [4.69, 9.17) is 0 Å². The summed E-state index contributed by atoms with van der Waals surface area (Å²) in [5, 5.41) is 6.25. The number of ketones is 1. The van der Waals surface area contributed by atoms with Gasteiger partial charge in [-0.1, -0.05) is 30.3 Å². The molecule has 1 aliphatic heterocycles. The van der Waals surface area contributed by atoms with Crippen molar-refractivity contribution in [1.29, 1.82) is 0 Å². The molecule has 1 aromatic rings. The van der Waals surface area contributed by atoms with Crippen molar-refractivity contribution < 1.29 is 9.59 Å². The van der Waals surface area contributed by atoms with Crippen LogP contribution in [0.25, 0.3) is 0 Å². The van der Waals surface area contributed by atoms with Gasteiger partial charge in [-0.05, 0) is 25.9 Å². The Kier molecular flexibility index (Phi) is 7.26. The Labute approximate surface area is 125 Å². The zero-order chi connectivity index (χ0) is 13.5. The molecule has 110 valence electrons. The molecule has 1 heterocycles. The Morgan fingerprint density at radius 2 is 1.75 bits per heavy atom. The monoisotopic (exact) mass is 296 g/mol. The number of carbonyl (C=O) groups is 2. The molecule has 4 nitrogen and oxygen atoms in total. The van der Waals surface area contributed by atoms with Crippen molar-refractivity contribution in [2.75, 3.05) is 13.1 Å². The maximum atomic E-state index is 11.9. The highest BCUT2D eigenvalue weighted by atomic mass is 35.5. The van der Waals surface area contributed by atoms with Crippen LogP contribution in [0, 0.1) is 0 Å². The standard InChI is InChI=1S/C15H20N2O2.ClH/c18-14(12-4-2-1-3-5-12)6-7-15(19)17-13-8-10-16-11-9-13;/h1-5,13,16H,6-11H2,(H,17,19);1H. The van der Waals surface area contributed by atoms with E-state index >= 15 is 0 Å². The second-order valence-corrected chi connectivity index (χ2v) is 4.88. The molecule has 0 atom stereocenters. The summed E-state index contributed by atoms with van der Waals surface area (Å²) in [7, 11) is 0. The first-order valence-corrected chi connectivity index (χ1v) is 6.84. The topological polar surface area (TPSA) is 58.2 Å². The predicted octanol–water partition coefficient (Wildman–Crippen LogP) is 1.94. The van der Waals surface area contributed by atoms with Crippen LogP contribution >= 0.6 is 12.4 Å². The molecule has 5 heteroatoms. The molecule has 1 saturated heterocycles. The highest BCUT2D eigenvalue weighted by molar-refractivity contribution is 5.97. The molecule has 20 heavy (non-hydrogen) atoms. The van der Waals surface area contributed by atoms with E-state index in [9.17, 15) is 9.59 Å². The normalized spacial score (nSPS) is 15.2. The summed E-state index contributed by atoms with van der Waals surface area (Å²) in [5.74, 6) is 0.0113. The molecule has 0 aromatic heterocycles. The number of piperidine rings is 1. The van der Waals surface area contributed by atoms with Crippen LogP contribution < -0.4 is 10.6 Å². The van der Waals surface area contributed by atoms with E-state index < -0.39 is 0 Å². The van der Waals surface area contributed by atoms with Crippen molar-refractivity contribution in [1.82, 2.24) is 10.6 Å². The summed E-state index contributed by atoms with van der Waals surface area (Å²) in [6, 6.07) is 9.38. The number of nitrogens with one attached hydrogen (secondary N) is 2. The van der Waals surface area contributed by atoms with Crippen LogP contribution in [0.2, 0.25) is 0 Å². The van der Waals surface area contributed by atoms with Crippen LogP contribution in [0.1, 0.15) is 36.0 Å². The van der Waals surface area contributed by atoms with Gasteiger partial charge in [-0.15, -0.1) is 12.4 Å². The summed E-state index contributed by atoms with van der Waals surface area (Å²) in [6.07, 6.45) is 2.50. The first-order valence-electron chi connectivity index (χ1n) is 6.84. The largest absolute Gasteiger partial charge is 0.353 e. The quantitative estimate of drug-likeness (QED) is 0.817. The second kappa shape index (κ2) is 8.72. The van der Waals surface area contributed by atoms with Crippen molar-refractivity contribution >= 4 is 24.1 Å². The number of amides is 1. The fourth-order valence-electron chi connectivity index (χ4n) is 2.26. The van der Waals surface area contributed by atoms with Crippen LogP contribution in [0.4, 0.5) is 0 Å². The minimum absolute atomic E-state index is 0. The highest BCUT2D eigenvalue weighted by Crippen LogP contribution is 2.06. The first-order chi connectivity index (χ1) is 9.25. The van der Waals surface area contributed by atoms with E-state index in [0.717, 1.165) is 25.9 Å². The van der Waals surface area contributed by atoms with Crippen molar-refractivity contribution in [3.8, 4) is 0 Å². The number of carbonyl (C=O) groups excluding carboxylic acids is 2. The van der Waals surface area contributed by atoms with E-state index in [1.165, 1.54) is 0 Å². The molecule has 1 aliphatic rings. The Hall–Kier alpha value is -1.39. The zero-order valence-electron chi connectivity index (χ0n) is 11.4. The zero-order valence-corrected chi connectivity index (χ0v) is 12.2. The van der Waals surface area contributed by atoms with E-state index in [2.05, 4.69) is 10.6 Å². The van der Waals surface area contributed by atoms with Gasteiger partial charge in [-0.3, -0.25) is 9.59 Å². The molecular weight excluding hydrogens is 276 g/mol. The lowest BCUT2D eigenvalue weighted by molar-refractivity contribution is -0.121. The molecule has 0 bridgehead atoms. The SMILES string of the molecule is Cl.O=C(CCC(=O)c1ccccc1)NC1CCNCC1. The maximum Gasteiger partial charge on any atom is 0.220 e. The van der Waals surface area contributed by atoms with Crippen LogP contribution in [-0.4, -0.2) is 30.8 Å². The predicted molar refractivity (Wildman–Crippen MR) is 81.3 cm³/mol. The molecule has 0 spiro atoms. The highest BCUT2D eigenvalue weighted by Gasteiger charge is 2.16. The van der Waals surface area contributed by atoms with Gasteiger partial charge in [0.05, 0.1) is 0 Å². The molecule has 0 unspecified atom stereocenters. The lowest BCUT2D eigenvalue weighted by Gasteiger charge is -2.23. The first kappa shape index (κ1) is 16.7. The number of rotatable bonds is 5. The molecule has 2 N–H and O–H groups in total. The van der Waals surface area contributed by atoms with Gasteiger partial charge in [0, 0.05) is 24.4 Å². The van der Waals surface area contributed by atoms with Gasteiger partial charge in [0.1, 0.15) is 0 Å².